The Morgan fingerprint density at radius 1 is 1.22 bits per heavy atom. The van der Waals surface area contributed by atoms with Gasteiger partial charge in [-0.25, -0.2) is 0 Å². The molecule has 2 aromatic carbocycles. The molecule has 1 fully saturated rings. The van der Waals surface area contributed by atoms with Crippen molar-refractivity contribution in [3.8, 4) is 16.9 Å². The Balaban J connectivity index is 1.96. The molecule has 0 spiro atoms. The number of aliphatic hydroxyl groups excluding tert-OH is 1. The Labute approximate surface area is 139 Å². The number of rotatable bonds is 3. The molecule has 5 heteroatoms. The van der Waals surface area contributed by atoms with Crippen LogP contribution in [-0.2, 0) is 0 Å². The number of likely N-dealkylation sites (tertiary alicyclic amines) is 1. The quantitative estimate of drug-likeness (QED) is 0.908. The van der Waals surface area contributed by atoms with Crippen molar-refractivity contribution in [3.63, 3.8) is 0 Å². The summed E-state index contributed by atoms with van der Waals surface area (Å²) in [6, 6.07) is 12.9. The highest BCUT2D eigenvalue weighted by Crippen LogP contribution is 2.34. The van der Waals surface area contributed by atoms with Crippen LogP contribution in [0.25, 0.3) is 11.1 Å². The molecule has 0 saturated carbocycles. The number of phenolic OH excluding ortho intramolecular Hbond substituents is 1. The summed E-state index contributed by atoms with van der Waals surface area (Å²) in [5, 5.41) is 19.6. The van der Waals surface area contributed by atoms with Gasteiger partial charge in [-0.3, -0.25) is 4.79 Å². The van der Waals surface area contributed by atoms with E-state index in [1.807, 2.05) is 30.3 Å². The van der Waals surface area contributed by atoms with Crippen LogP contribution in [0.3, 0.4) is 0 Å². The molecule has 1 saturated heterocycles. The van der Waals surface area contributed by atoms with Gasteiger partial charge in [-0.05, 0) is 29.7 Å². The van der Waals surface area contributed by atoms with Gasteiger partial charge in [0.05, 0.1) is 10.6 Å². The smallest absolute Gasteiger partial charge is 0.257 e. The molecule has 0 aromatic heterocycles. The van der Waals surface area contributed by atoms with E-state index in [0.717, 1.165) is 17.5 Å². The first-order valence-corrected chi connectivity index (χ1v) is 7.96. The Hall–Kier alpha value is -2.04. The summed E-state index contributed by atoms with van der Waals surface area (Å²) >= 11 is 6.11. The fourth-order valence-corrected chi connectivity index (χ4v) is 3.12. The number of hydrogen-bond acceptors (Lipinski definition) is 3. The van der Waals surface area contributed by atoms with Gasteiger partial charge in [-0.1, -0.05) is 41.9 Å². The average molecular weight is 332 g/mol. The Morgan fingerprint density at radius 2 is 1.96 bits per heavy atom. The summed E-state index contributed by atoms with van der Waals surface area (Å²) < 4.78 is 0. The van der Waals surface area contributed by atoms with Gasteiger partial charge in [-0.15, -0.1) is 0 Å². The highest BCUT2D eigenvalue weighted by Gasteiger charge is 2.28. The molecule has 120 valence electrons. The number of benzene rings is 2. The molecule has 1 amide bonds. The minimum atomic E-state index is -0.252. The van der Waals surface area contributed by atoms with Crippen LogP contribution in [0.4, 0.5) is 0 Å². The van der Waals surface area contributed by atoms with Crippen LogP contribution in [-0.4, -0.2) is 40.7 Å². The number of hydrogen-bond donors (Lipinski definition) is 2. The lowest BCUT2D eigenvalue weighted by molar-refractivity contribution is 0.0779. The van der Waals surface area contributed by atoms with Gasteiger partial charge in [0.2, 0.25) is 0 Å². The number of halogens is 1. The molecule has 4 nitrogen and oxygen atoms in total. The van der Waals surface area contributed by atoms with Crippen molar-refractivity contribution in [2.45, 2.75) is 6.42 Å². The molecule has 1 aliphatic heterocycles. The van der Waals surface area contributed by atoms with E-state index in [-0.39, 0.29) is 34.8 Å². The van der Waals surface area contributed by atoms with Crippen LogP contribution < -0.4 is 0 Å². The number of aliphatic hydroxyl groups is 1. The monoisotopic (exact) mass is 331 g/mol. The molecule has 1 heterocycles. The SMILES string of the molecule is O=C(c1cc(-c2ccccc2)cc(Cl)c1O)N1CCC(CO)C1. The fraction of sp³-hybridized carbons (Fsp3) is 0.278. The van der Waals surface area contributed by atoms with E-state index in [9.17, 15) is 15.0 Å². The van der Waals surface area contributed by atoms with Gasteiger partial charge in [0.1, 0.15) is 5.75 Å². The van der Waals surface area contributed by atoms with E-state index in [1.165, 1.54) is 0 Å². The highest BCUT2D eigenvalue weighted by molar-refractivity contribution is 6.33. The Kier molecular flexibility index (Phi) is 4.55. The van der Waals surface area contributed by atoms with Gasteiger partial charge in [0, 0.05) is 25.6 Å². The molecule has 1 unspecified atom stereocenters. The number of aromatic hydroxyl groups is 1. The second-order valence-electron chi connectivity index (χ2n) is 5.81. The zero-order valence-electron chi connectivity index (χ0n) is 12.6. The van der Waals surface area contributed by atoms with Crippen LogP contribution in [0, 0.1) is 5.92 Å². The third kappa shape index (κ3) is 3.19. The van der Waals surface area contributed by atoms with Crippen LogP contribution in [0.5, 0.6) is 5.75 Å². The number of amides is 1. The normalized spacial score (nSPS) is 17.5. The summed E-state index contributed by atoms with van der Waals surface area (Å²) in [5.41, 5.74) is 1.92. The number of carbonyl (C=O) groups is 1. The Bertz CT molecular complexity index is 718. The van der Waals surface area contributed by atoms with E-state index < -0.39 is 0 Å². The van der Waals surface area contributed by atoms with E-state index in [2.05, 4.69) is 0 Å². The predicted octanol–water partition coefficient (Wildman–Crippen LogP) is 3.17. The third-order valence-corrected chi connectivity index (χ3v) is 4.52. The van der Waals surface area contributed by atoms with Crippen molar-refractivity contribution in [2.24, 2.45) is 5.92 Å². The lowest BCUT2D eigenvalue weighted by Gasteiger charge is -2.18. The molecule has 2 aromatic rings. The second kappa shape index (κ2) is 6.60. The zero-order valence-corrected chi connectivity index (χ0v) is 13.3. The lowest BCUT2D eigenvalue weighted by atomic mass is 10.0. The summed E-state index contributed by atoms with van der Waals surface area (Å²) in [7, 11) is 0. The lowest BCUT2D eigenvalue weighted by Crippen LogP contribution is -2.29. The number of phenols is 1. The maximum Gasteiger partial charge on any atom is 0.257 e. The zero-order chi connectivity index (χ0) is 16.4. The maximum absolute atomic E-state index is 12.7. The van der Waals surface area contributed by atoms with Crippen molar-refractivity contribution >= 4 is 17.5 Å². The van der Waals surface area contributed by atoms with E-state index in [1.54, 1.807) is 17.0 Å². The van der Waals surface area contributed by atoms with Crippen molar-refractivity contribution in [3.05, 3.63) is 53.1 Å². The fourth-order valence-electron chi connectivity index (χ4n) is 2.90. The maximum atomic E-state index is 12.7. The van der Waals surface area contributed by atoms with Gasteiger partial charge < -0.3 is 15.1 Å². The molecule has 0 bridgehead atoms. The molecule has 1 aliphatic rings. The molecule has 23 heavy (non-hydrogen) atoms. The summed E-state index contributed by atoms with van der Waals surface area (Å²) in [5.74, 6) is -0.337. The summed E-state index contributed by atoms with van der Waals surface area (Å²) in [6.45, 7) is 1.15. The summed E-state index contributed by atoms with van der Waals surface area (Å²) in [6.07, 6.45) is 0.773. The molecular weight excluding hydrogens is 314 g/mol. The number of nitrogens with zero attached hydrogens (tertiary/aromatic N) is 1. The van der Waals surface area contributed by atoms with Crippen molar-refractivity contribution < 1.29 is 15.0 Å². The first-order valence-electron chi connectivity index (χ1n) is 7.58. The third-order valence-electron chi connectivity index (χ3n) is 4.23. The first kappa shape index (κ1) is 15.8. The van der Waals surface area contributed by atoms with E-state index >= 15 is 0 Å². The first-order chi connectivity index (χ1) is 11.1. The van der Waals surface area contributed by atoms with Crippen molar-refractivity contribution in [1.29, 1.82) is 0 Å². The minimum absolute atomic E-state index is 0.0700. The number of carbonyl (C=O) groups excluding carboxylic acids is 1. The minimum Gasteiger partial charge on any atom is -0.506 e. The van der Waals surface area contributed by atoms with Crippen LogP contribution in [0.1, 0.15) is 16.8 Å². The van der Waals surface area contributed by atoms with Crippen molar-refractivity contribution in [1.82, 2.24) is 4.90 Å². The average Bonchev–Trinajstić information content (AvgIpc) is 3.06. The summed E-state index contributed by atoms with van der Waals surface area (Å²) in [4.78, 5) is 14.3. The molecular formula is C18H18ClNO3. The standard InChI is InChI=1S/C18H18ClNO3/c19-16-9-14(13-4-2-1-3-5-13)8-15(17(16)22)18(23)20-7-6-12(10-20)11-21/h1-5,8-9,12,21-22H,6-7,10-11H2. The van der Waals surface area contributed by atoms with Crippen LogP contribution in [0.2, 0.25) is 5.02 Å². The van der Waals surface area contributed by atoms with Crippen LogP contribution >= 0.6 is 11.6 Å². The highest BCUT2D eigenvalue weighted by atomic mass is 35.5. The second-order valence-corrected chi connectivity index (χ2v) is 6.22. The van der Waals surface area contributed by atoms with Gasteiger partial charge >= 0.3 is 0 Å². The topological polar surface area (TPSA) is 60.8 Å². The molecule has 0 radical (unpaired) electrons. The molecule has 2 N–H and O–H groups in total. The van der Waals surface area contributed by atoms with E-state index in [4.69, 9.17) is 11.6 Å². The Morgan fingerprint density at radius 3 is 2.61 bits per heavy atom. The predicted molar refractivity (Wildman–Crippen MR) is 89.6 cm³/mol. The molecule has 3 rings (SSSR count). The van der Waals surface area contributed by atoms with E-state index in [0.29, 0.717) is 13.1 Å². The molecule has 1 atom stereocenters. The molecule has 0 aliphatic carbocycles. The van der Waals surface area contributed by atoms with Gasteiger partial charge in [0.25, 0.3) is 5.91 Å². The largest absolute Gasteiger partial charge is 0.506 e. The van der Waals surface area contributed by atoms with Gasteiger partial charge in [-0.2, -0.15) is 0 Å². The van der Waals surface area contributed by atoms with Crippen LogP contribution in [0.15, 0.2) is 42.5 Å². The van der Waals surface area contributed by atoms with Gasteiger partial charge in [0.15, 0.2) is 0 Å². The van der Waals surface area contributed by atoms with Crippen molar-refractivity contribution in [2.75, 3.05) is 19.7 Å².